The smallest absolute Gasteiger partial charge is 0.0726 e. The molecule has 2 rings (SSSR count). The molecule has 0 bridgehead atoms. The summed E-state index contributed by atoms with van der Waals surface area (Å²) < 4.78 is 5.78. The van der Waals surface area contributed by atoms with E-state index in [2.05, 4.69) is 19.2 Å². The van der Waals surface area contributed by atoms with Crippen LogP contribution in [0.5, 0.6) is 0 Å². The molecule has 4 unspecified atom stereocenters. The summed E-state index contributed by atoms with van der Waals surface area (Å²) in [5.74, 6) is 1.000. The van der Waals surface area contributed by atoms with Crippen molar-refractivity contribution in [1.82, 2.24) is 5.32 Å². The minimum atomic E-state index is 0.472. The number of nitrogens with one attached hydrogen (secondary N) is 1. The molecule has 0 aromatic rings. The highest BCUT2D eigenvalue weighted by molar-refractivity contribution is 4.82. The van der Waals surface area contributed by atoms with Crippen LogP contribution in [0.2, 0.25) is 0 Å². The highest BCUT2D eigenvalue weighted by atomic mass is 16.5. The Morgan fingerprint density at radius 3 is 2.72 bits per heavy atom. The van der Waals surface area contributed by atoms with Gasteiger partial charge >= 0.3 is 0 Å². The maximum atomic E-state index is 5.78. The molecule has 1 saturated heterocycles. The lowest BCUT2D eigenvalue weighted by atomic mass is 9.95. The van der Waals surface area contributed by atoms with Gasteiger partial charge in [0, 0.05) is 18.7 Å². The SMILES string of the molecule is CCCC1CCCC(NC(C)C2CCCO2)CC1. The van der Waals surface area contributed by atoms with Crippen LogP contribution in [0.4, 0.5) is 0 Å². The maximum absolute atomic E-state index is 5.78. The Morgan fingerprint density at radius 1 is 1.11 bits per heavy atom. The van der Waals surface area contributed by atoms with Gasteiger partial charge in [0.15, 0.2) is 0 Å². The molecule has 106 valence electrons. The number of rotatable bonds is 5. The lowest BCUT2D eigenvalue weighted by Gasteiger charge is -2.26. The second-order valence-corrected chi connectivity index (χ2v) is 6.37. The van der Waals surface area contributed by atoms with Crippen molar-refractivity contribution in [3.8, 4) is 0 Å². The summed E-state index contributed by atoms with van der Waals surface area (Å²) >= 11 is 0. The molecule has 4 atom stereocenters. The average Bonchev–Trinajstić information content (AvgIpc) is 2.81. The van der Waals surface area contributed by atoms with Gasteiger partial charge in [0.25, 0.3) is 0 Å². The first kappa shape index (κ1) is 14.3. The number of ether oxygens (including phenoxy) is 1. The molecular weight excluding hydrogens is 222 g/mol. The van der Waals surface area contributed by atoms with Crippen LogP contribution in [0.1, 0.15) is 71.6 Å². The predicted molar refractivity (Wildman–Crippen MR) is 76.8 cm³/mol. The Labute approximate surface area is 113 Å². The van der Waals surface area contributed by atoms with Gasteiger partial charge in [-0.25, -0.2) is 0 Å². The van der Waals surface area contributed by atoms with E-state index in [1.165, 1.54) is 57.8 Å². The number of hydrogen-bond donors (Lipinski definition) is 1. The third-order valence-electron chi connectivity index (χ3n) is 4.81. The van der Waals surface area contributed by atoms with E-state index < -0.39 is 0 Å². The van der Waals surface area contributed by atoms with Crippen LogP contribution < -0.4 is 5.32 Å². The van der Waals surface area contributed by atoms with E-state index in [0.29, 0.717) is 12.1 Å². The van der Waals surface area contributed by atoms with Crippen molar-refractivity contribution in [2.75, 3.05) is 6.61 Å². The third-order valence-corrected chi connectivity index (χ3v) is 4.81. The largest absolute Gasteiger partial charge is 0.377 e. The van der Waals surface area contributed by atoms with Crippen LogP contribution in [-0.2, 0) is 4.74 Å². The molecule has 2 fully saturated rings. The van der Waals surface area contributed by atoms with Crippen molar-refractivity contribution >= 4 is 0 Å². The third kappa shape index (κ3) is 4.24. The van der Waals surface area contributed by atoms with Crippen LogP contribution in [0.15, 0.2) is 0 Å². The standard InChI is InChI=1S/C16H31NO/c1-3-6-14-7-4-8-15(11-10-14)17-13(2)16-9-5-12-18-16/h13-17H,3-12H2,1-2H3. The van der Waals surface area contributed by atoms with Crippen LogP contribution in [0, 0.1) is 5.92 Å². The van der Waals surface area contributed by atoms with E-state index in [1.54, 1.807) is 0 Å². The van der Waals surface area contributed by atoms with Crippen LogP contribution >= 0.6 is 0 Å². The molecule has 0 aromatic carbocycles. The quantitative estimate of drug-likeness (QED) is 0.750. The first-order valence-electron chi connectivity index (χ1n) is 8.17. The fourth-order valence-electron chi connectivity index (χ4n) is 3.72. The van der Waals surface area contributed by atoms with Gasteiger partial charge in [0.1, 0.15) is 0 Å². The summed E-state index contributed by atoms with van der Waals surface area (Å²) in [5, 5.41) is 3.84. The summed E-state index contributed by atoms with van der Waals surface area (Å²) in [6.07, 6.45) is 12.8. The molecule has 18 heavy (non-hydrogen) atoms. The van der Waals surface area contributed by atoms with Gasteiger partial charge < -0.3 is 10.1 Å². The van der Waals surface area contributed by atoms with Gasteiger partial charge in [-0.1, -0.05) is 32.6 Å². The molecule has 2 nitrogen and oxygen atoms in total. The highest BCUT2D eigenvalue weighted by Crippen LogP contribution is 2.27. The van der Waals surface area contributed by atoms with Gasteiger partial charge in [0.05, 0.1) is 6.10 Å². The van der Waals surface area contributed by atoms with Crippen molar-refractivity contribution in [2.45, 2.75) is 89.8 Å². The van der Waals surface area contributed by atoms with Crippen molar-refractivity contribution in [3.05, 3.63) is 0 Å². The Balaban J connectivity index is 1.72. The summed E-state index contributed by atoms with van der Waals surface area (Å²) in [7, 11) is 0. The summed E-state index contributed by atoms with van der Waals surface area (Å²) in [4.78, 5) is 0. The molecule has 0 aromatic heterocycles. The van der Waals surface area contributed by atoms with Crippen LogP contribution in [0.25, 0.3) is 0 Å². The molecule has 0 amide bonds. The highest BCUT2D eigenvalue weighted by Gasteiger charge is 2.25. The van der Waals surface area contributed by atoms with Crippen LogP contribution in [0.3, 0.4) is 0 Å². The first-order chi connectivity index (χ1) is 8.79. The minimum absolute atomic E-state index is 0.472. The van der Waals surface area contributed by atoms with Gasteiger partial charge in [-0.2, -0.15) is 0 Å². The maximum Gasteiger partial charge on any atom is 0.0726 e. The van der Waals surface area contributed by atoms with Gasteiger partial charge in [0.2, 0.25) is 0 Å². The molecule has 2 heteroatoms. The Kier molecular flexibility index (Phi) is 5.97. The second kappa shape index (κ2) is 7.49. The summed E-state index contributed by atoms with van der Waals surface area (Å²) in [5.41, 5.74) is 0. The monoisotopic (exact) mass is 253 g/mol. The lowest BCUT2D eigenvalue weighted by Crippen LogP contribution is -2.43. The minimum Gasteiger partial charge on any atom is -0.377 e. The fraction of sp³-hybridized carbons (Fsp3) is 1.00. The zero-order valence-electron chi connectivity index (χ0n) is 12.3. The van der Waals surface area contributed by atoms with Crippen LogP contribution in [-0.4, -0.2) is 24.8 Å². The molecular formula is C16H31NO. The van der Waals surface area contributed by atoms with Gasteiger partial charge in [-0.3, -0.25) is 0 Å². The lowest BCUT2D eigenvalue weighted by molar-refractivity contribution is 0.0788. The zero-order chi connectivity index (χ0) is 12.8. The van der Waals surface area contributed by atoms with Crippen molar-refractivity contribution in [2.24, 2.45) is 5.92 Å². The molecule has 0 spiro atoms. The topological polar surface area (TPSA) is 21.3 Å². The Hall–Kier alpha value is -0.0800. The normalized spacial score (nSPS) is 35.3. The zero-order valence-corrected chi connectivity index (χ0v) is 12.3. The van der Waals surface area contributed by atoms with Crippen molar-refractivity contribution in [1.29, 1.82) is 0 Å². The van der Waals surface area contributed by atoms with E-state index in [0.717, 1.165) is 18.6 Å². The van der Waals surface area contributed by atoms with Gasteiger partial charge in [-0.15, -0.1) is 0 Å². The van der Waals surface area contributed by atoms with E-state index in [-0.39, 0.29) is 0 Å². The molecule has 1 aliphatic heterocycles. The van der Waals surface area contributed by atoms with E-state index in [1.807, 2.05) is 0 Å². The fourth-order valence-corrected chi connectivity index (χ4v) is 3.72. The molecule has 2 aliphatic rings. The molecule has 1 aliphatic carbocycles. The number of hydrogen-bond acceptors (Lipinski definition) is 2. The second-order valence-electron chi connectivity index (χ2n) is 6.37. The Morgan fingerprint density at radius 2 is 2.00 bits per heavy atom. The predicted octanol–water partition coefficient (Wildman–Crippen LogP) is 3.89. The van der Waals surface area contributed by atoms with Crippen molar-refractivity contribution < 1.29 is 4.74 Å². The summed E-state index contributed by atoms with van der Waals surface area (Å²) in [6, 6.07) is 1.28. The van der Waals surface area contributed by atoms with Crippen molar-refractivity contribution in [3.63, 3.8) is 0 Å². The Bertz CT molecular complexity index is 225. The molecule has 1 saturated carbocycles. The molecule has 1 N–H and O–H groups in total. The molecule has 1 heterocycles. The van der Waals surface area contributed by atoms with E-state index in [4.69, 9.17) is 4.74 Å². The average molecular weight is 253 g/mol. The molecule has 0 radical (unpaired) electrons. The first-order valence-corrected chi connectivity index (χ1v) is 8.17. The summed E-state index contributed by atoms with van der Waals surface area (Å²) in [6.45, 7) is 5.60. The van der Waals surface area contributed by atoms with E-state index in [9.17, 15) is 0 Å². The van der Waals surface area contributed by atoms with Gasteiger partial charge in [-0.05, 0) is 44.9 Å². The van der Waals surface area contributed by atoms with E-state index >= 15 is 0 Å².